The van der Waals surface area contributed by atoms with Gasteiger partial charge in [-0.1, -0.05) is 6.07 Å². The van der Waals surface area contributed by atoms with E-state index in [4.69, 9.17) is 0 Å². The highest BCUT2D eigenvalue weighted by Gasteiger charge is 2.34. The van der Waals surface area contributed by atoms with Gasteiger partial charge in [0, 0.05) is 35.6 Å². The molecule has 2 aromatic heterocycles. The molecule has 0 atom stereocenters. The van der Waals surface area contributed by atoms with E-state index >= 15 is 0 Å². The van der Waals surface area contributed by atoms with Gasteiger partial charge in [-0.2, -0.15) is 13.2 Å². The highest BCUT2D eigenvalue weighted by atomic mass is 19.4. The maximum atomic E-state index is 13.5. The summed E-state index contributed by atoms with van der Waals surface area (Å²) in [5.41, 5.74) is 2.66. The summed E-state index contributed by atoms with van der Waals surface area (Å²) < 4.78 is 52.5. The summed E-state index contributed by atoms with van der Waals surface area (Å²) in [5.74, 6) is -2.02. The Labute approximate surface area is 192 Å². The minimum absolute atomic E-state index is 0.156. The Morgan fingerprint density at radius 3 is 2.56 bits per heavy atom. The molecular formula is C25H18F4N4O. The number of amides is 1. The molecule has 0 aliphatic rings. The van der Waals surface area contributed by atoms with Crippen LogP contribution in [0.5, 0.6) is 0 Å². The lowest BCUT2D eigenvalue weighted by Crippen LogP contribution is -2.14. The van der Waals surface area contributed by atoms with Crippen LogP contribution in [0.3, 0.4) is 0 Å². The van der Waals surface area contributed by atoms with Crippen molar-refractivity contribution in [2.75, 3.05) is 5.32 Å². The van der Waals surface area contributed by atoms with Crippen LogP contribution in [0.2, 0.25) is 0 Å². The molecule has 0 fully saturated rings. The third-order valence-electron chi connectivity index (χ3n) is 5.25. The number of aromatic nitrogens is 3. The molecular weight excluding hydrogens is 448 g/mol. The van der Waals surface area contributed by atoms with Gasteiger partial charge < -0.3 is 5.32 Å². The number of aryl methyl sites for hydroxylation is 1. The highest BCUT2D eigenvalue weighted by Crippen LogP contribution is 2.33. The molecule has 34 heavy (non-hydrogen) atoms. The largest absolute Gasteiger partial charge is 0.419 e. The number of alkyl halides is 3. The van der Waals surface area contributed by atoms with E-state index in [0.29, 0.717) is 24.2 Å². The number of nitrogens with one attached hydrogen (secondary N) is 1. The predicted octanol–water partition coefficient (Wildman–Crippen LogP) is 5.85. The normalized spacial score (nSPS) is 11.3. The zero-order valence-electron chi connectivity index (χ0n) is 17.9. The van der Waals surface area contributed by atoms with Crippen LogP contribution < -0.4 is 5.32 Å². The minimum atomic E-state index is -4.87. The number of nitrogens with zero attached hydrogens (tertiary/aromatic N) is 3. The molecule has 2 heterocycles. The van der Waals surface area contributed by atoms with E-state index in [9.17, 15) is 22.4 Å². The molecule has 4 aromatic rings. The first kappa shape index (κ1) is 23.0. The smallest absolute Gasteiger partial charge is 0.322 e. The highest BCUT2D eigenvalue weighted by molar-refractivity contribution is 6.04. The van der Waals surface area contributed by atoms with Gasteiger partial charge in [-0.15, -0.1) is 0 Å². The van der Waals surface area contributed by atoms with E-state index in [1.807, 2.05) is 13.0 Å². The Bertz CT molecular complexity index is 1340. The van der Waals surface area contributed by atoms with Crippen molar-refractivity contribution in [3.8, 4) is 11.3 Å². The van der Waals surface area contributed by atoms with Crippen LogP contribution in [-0.4, -0.2) is 20.9 Å². The summed E-state index contributed by atoms with van der Waals surface area (Å²) in [6.45, 7) is 1.89. The lowest BCUT2D eigenvalue weighted by atomic mass is 9.97. The van der Waals surface area contributed by atoms with E-state index < -0.39 is 23.5 Å². The van der Waals surface area contributed by atoms with Gasteiger partial charge in [0.25, 0.3) is 5.91 Å². The van der Waals surface area contributed by atoms with Gasteiger partial charge in [-0.3, -0.25) is 9.78 Å². The summed E-state index contributed by atoms with van der Waals surface area (Å²) >= 11 is 0. The molecule has 4 rings (SSSR count). The lowest BCUT2D eigenvalue weighted by molar-refractivity contribution is -0.139. The van der Waals surface area contributed by atoms with Crippen LogP contribution >= 0.6 is 0 Å². The Morgan fingerprint density at radius 2 is 1.82 bits per heavy atom. The molecule has 0 bridgehead atoms. The number of halogens is 4. The number of benzene rings is 2. The Balaban J connectivity index is 1.60. The van der Waals surface area contributed by atoms with E-state index in [2.05, 4.69) is 20.3 Å². The molecule has 0 radical (unpaired) electrons. The molecule has 0 aliphatic heterocycles. The summed E-state index contributed by atoms with van der Waals surface area (Å²) in [4.78, 5) is 25.4. The number of carbonyl (C=O) groups is 1. The molecule has 0 spiro atoms. The van der Waals surface area contributed by atoms with Crippen LogP contribution in [0.25, 0.3) is 11.3 Å². The van der Waals surface area contributed by atoms with Crippen molar-refractivity contribution in [1.29, 1.82) is 0 Å². The van der Waals surface area contributed by atoms with Crippen LogP contribution in [0, 0.1) is 12.7 Å². The fourth-order valence-electron chi connectivity index (χ4n) is 3.47. The quantitative estimate of drug-likeness (QED) is 0.375. The van der Waals surface area contributed by atoms with Gasteiger partial charge in [0.2, 0.25) is 0 Å². The van der Waals surface area contributed by atoms with Crippen molar-refractivity contribution in [2.45, 2.75) is 19.5 Å². The van der Waals surface area contributed by atoms with Crippen LogP contribution in [0.1, 0.15) is 32.7 Å². The average molecular weight is 466 g/mol. The fraction of sp³-hybridized carbons (Fsp3) is 0.120. The van der Waals surface area contributed by atoms with Crippen molar-refractivity contribution in [3.05, 3.63) is 107 Å². The summed E-state index contributed by atoms with van der Waals surface area (Å²) in [7, 11) is 0. The first-order valence-corrected chi connectivity index (χ1v) is 10.2. The van der Waals surface area contributed by atoms with Crippen LogP contribution in [0.15, 0.2) is 73.3 Å². The molecule has 0 aliphatic carbocycles. The molecule has 2 aromatic carbocycles. The molecule has 1 amide bonds. The van der Waals surface area contributed by atoms with Gasteiger partial charge in [0.15, 0.2) is 0 Å². The van der Waals surface area contributed by atoms with E-state index in [-0.39, 0.29) is 11.3 Å². The van der Waals surface area contributed by atoms with Crippen molar-refractivity contribution < 1.29 is 22.4 Å². The summed E-state index contributed by atoms with van der Waals surface area (Å²) in [6, 6.07) is 12.8. The second-order valence-electron chi connectivity index (χ2n) is 7.56. The summed E-state index contributed by atoms with van der Waals surface area (Å²) in [5, 5.41) is 2.41. The molecule has 9 heteroatoms. The first-order valence-electron chi connectivity index (χ1n) is 10.2. The first-order chi connectivity index (χ1) is 16.2. The number of rotatable bonds is 5. The fourth-order valence-corrected chi connectivity index (χ4v) is 3.47. The van der Waals surface area contributed by atoms with Crippen molar-refractivity contribution >= 4 is 11.6 Å². The molecule has 172 valence electrons. The van der Waals surface area contributed by atoms with E-state index in [0.717, 1.165) is 28.5 Å². The average Bonchev–Trinajstić information content (AvgIpc) is 2.82. The number of anilines is 1. The third kappa shape index (κ3) is 5.09. The molecule has 1 N–H and O–H groups in total. The Hall–Kier alpha value is -4.14. The molecule has 0 unspecified atom stereocenters. The van der Waals surface area contributed by atoms with Crippen molar-refractivity contribution in [1.82, 2.24) is 15.0 Å². The number of carbonyl (C=O) groups excluding carboxylic acids is 1. The zero-order chi connectivity index (χ0) is 24.3. The van der Waals surface area contributed by atoms with Gasteiger partial charge in [0.05, 0.1) is 17.0 Å². The van der Waals surface area contributed by atoms with Gasteiger partial charge >= 0.3 is 6.18 Å². The predicted molar refractivity (Wildman–Crippen MR) is 119 cm³/mol. The lowest BCUT2D eigenvalue weighted by Gasteiger charge is -2.13. The minimum Gasteiger partial charge on any atom is -0.322 e. The van der Waals surface area contributed by atoms with Crippen molar-refractivity contribution in [2.24, 2.45) is 0 Å². The SMILES string of the molecule is Cc1ccc(C(=O)Nc2ccc(F)c(C(F)(F)F)c2)cc1Cc1ncccc1-c1ccncn1. The third-order valence-corrected chi connectivity index (χ3v) is 5.25. The maximum Gasteiger partial charge on any atom is 0.419 e. The van der Waals surface area contributed by atoms with E-state index in [1.165, 1.54) is 6.33 Å². The molecule has 5 nitrogen and oxygen atoms in total. The number of hydrogen-bond acceptors (Lipinski definition) is 4. The number of hydrogen-bond donors (Lipinski definition) is 1. The maximum absolute atomic E-state index is 13.5. The second kappa shape index (κ2) is 9.38. The van der Waals surface area contributed by atoms with Gasteiger partial charge in [-0.25, -0.2) is 14.4 Å². The van der Waals surface area contributed by atoms with E-state index in [1.54, 1.807) is 42.7 Å². The van der Waals surface area contributed by atoms with Crippen molar-refractivity contribution in [3.63, 3.8) is 0 Å². The zero-order valence-corrected chi connectivity index (χ0v) is 17.9. The topological polar surface area (TPSA) is 67.8 Å². The second-order valence-corrected chi connectivity index (χ2v) is 7.56. The van der Waals surface area contributed by atoms with Gasteiger partial charge in [-0.05, 0) is 66.6 Å². The standard InChI is InChI=1S/C25H18F4N4O/c1-15-4-5-16(24(34)33-18-6-7-21(26)20(13-18)25(27,28)29)11-17(15)12-23-19(3-2-9-31-23)22-8-10-30-14-32-22/h2-11,13-14H,12H2,1H3,(H,33,34). The monoisotopic (exact) mass is 466 g/mol. The van der Waals surface area contributed by atoms with Crippen LogP contribution in [0.4, 0.5) is 23.2 Å². The molecule has 0 saturated heterocycles. The summed E-state index contributed by atoms with van der Waals surface area (Å²) in [6.07, 6.45) is 0.281. The van der Waals surface area contributed by atoms with Crippen LogP contribution in [-0.2, 0) is 12.6 Å². The Morgan fingerprint density at radius 1 is 1.00 bits per heavy atom. The number of pyridine rings is 1. The Kier molecular flexibility index (Phi) is 6.36. The van der Waals surface area contributed by atoms with Gasteiger partial charge in [0.1, 0.15) is 12.1 Å². The molecule has 0 saturated carbocycles.